The van der Waals surface area contributed by atoms with Crippen LogP contribution in [0.1, 0.15) is 17.4 Å². The number of carbonyl (C=O) groups is 1. The first kappa shape index (κ1) is 10.9. The van der Waals surface area contributed by atoms with Gasteiger partial charge in [0, 0.05) is 11.9 Å². The zero-order valence-electron chi connectivity index (χ0n) is 7.93. The van der Waals surface area contributed by atoms with Crippen LogP contribution in [0.5, 0.6) is 0 Å². The largest absolute Gasteiger partial charge is 0.476 e. The quantitative estimate of drug-likeness (QED) is 0.714. The molecule has 1 aromatic rings. The van der Waals surface area contributed by atoms with Crippen LogP contribution in [0.15, 0.2) is 6.20 Å². The number of nitrogen functional groups attached to an aromatic ring is 1. The van der Waals surface area contributed by atoms with Crippen LogP contribution in [0.25, 0.3) is 0 Å². The predicted octanol–water partition coefficient (Wildman–Crippen LogP) is 0.917. The van der Waals surface area contributed by atoms with Crippen molar-refractivity contribution >= 4 is 23.4 Å². The maximum absolute atomic E-state index is 10.6. The van der Waals surface area contributed by atoms with Crippen LogP contribution in [-0.2, 0) is 6.54 Å². The van der Waals surface area contributed by atoms with Crippen LogP contribution in [-0.4, -0.2) is 32.4 Å². The van der Waals surface area contributed by atoms with Crippen LogP contribution in [0.3, 0.4) is 0 Å². The van der Waals surface area contributed by atoms with Crippen molar-refractivity contribution in [2.75, 3.05) is 17.2 Å². The first-order chi connectivity index (χ1) is 6.65. The summed E-state index contributed by atoms with van der Waals surface area (Å²) in [6.07, 6.45) is 1.56. The van der Waals surface area contributed by atoms with Crippen LogP contribution in [0.2, 0.25) is 0 Å². The summed E-state index contributed by atoms with van der Waals surface area (Å²) in [6, 6.07) is 0. The highest BCUT2D eigenvalue weighted by Gasteiger charge is 2.12. The number of aromatic nitrogens is 2. The van der Waals surface area contributed by atoms with Crippen molar-refractivity contribution in [2.45, 2.75) is 13.5 Å². The van der Waals surface area contributed by atoms with E-state index in [2.05, 4.69) is 12.0 Å². The van der Waals surface area contributed by atoms with E-state index in [-0.39, 0.29) is 11.4 Å². The summed E-state index contributed by atoms with van der Waals surface area (Å²) in [5.41, 5.74) is 5.63. The lowest BCUT2D eigenvalue weighted by atomic mass is 10.4. The summed E-state index contributed by atoms with van der Waals surface area (Å²) in [6.45, 7) is 2.76. The lowest BCUT2D eigenvalue weighted by Gasteiger charge is -1.98. The molecule has 0 aliphatic rings. The molecule has 0 saturated carbocycles. The van der Waals surface area contributed by atoms with Crippen LogP contribution < -0.4 is 5.73 Å². The van der Waals surface area contributed by atoms with Gasteiger partial charge in [-0.2, -0.15) is 16.9 Å². The third-order valence-electron chi connectivity index (χ3n) is 1.66. The molecule has 0 bridgehead atoms. The highest BCUT2D eigenvalue weighted by Crippen LogP contribution is 2.09. The lowest BCUT2D eigenvalue weighted by molar-refractivity contribution is 0.0690. The average molecular weight is 215 g/mol. The maximum Gasteiger partial charge on any atom is 0.358 e. The van der Waals surface area contributed by atoms with Gasteiger partial charge < -0.3 is 10.8 Å². The second-order valence-electron chi connectivity index (χ2n) is 2.70. The molecular formula is C8H13N3O2S. The van der Waals surface area contributed by atoms with E-state index in [0.717, 1.165) is 11.5 Å². The van der Waals surface area contributed by atoms with Crippen LogP contribution in [0.4, 0.5) is 5.69 Å². The molecule has 3 N–H and O–H groups in total. The molecule has 0 aliphatic heterocycles. The first-order valence-electron chi connectivity index (χ1n) is 4.29. The summed E-state index contributed by atoms with van der Waals surface area (Å²) in [5, 5.41) is 12.5. The minimum absolute atomic E-state index is 0.0634. The number of anilines is 1. The molecule has 0 amide bonds. The van der Waals surface area contributed by atoms with E-state index in [1.165, 1.54) is 0 Å². The molecule has 0 saturated heterocycles. The summed E-state index contributed by atoms with van der Waals surface area (Å²) in [5.74, 6) is 0.878. The molecule has 0 unspecified atom stereocenters. The SMILES string of the molecule is CCSCCn1cc(N)c(C(=O)O)n1. The van der Waals surface area contributed by atoms with Gasteiger partial charge in [-0.15, -0.1) is 0 Å². The Labute approximate surface area is 86.3 Å². The summed E-state index contributed by atoms with van der Waals surface area (Å²) < 4.78 is 1.57. The standard InChI is InChI=1S/C8H13N3O2S/c1-2-14-4-3-11-5-6(9)7(10-11)8(12)13/h5H,2-4,9H2,1H3,(H,12,13). The van der Waals surface area contributed by atoms with Crippen molar-refractivity contribution in [3.05, 3.63) is 11.9 Å². The number of carboxylic acids is 1. The van der Waals surface area contributed by atoms with Gasteiger partial charge in [-0.3, -0.25) is 4.68 Å². The molecule has 0 aromatic carbocycles. The molecule has 6 heteroatoms. The number of nitrogens with zero attached hydrogens (tertiary/aromatic N) is 2. The Morgan fingerprint density at radius 2 is 2.50 bits per heavy atom. The number of thioether (sulfide) groups is 1. The van der Waals surface area contributed by atoms with E-state index >= 15 is 0 Å². The number of aromatic carboxylic acids is 1. The lowest BCUT2D eigenvalue weighted by Crippen LogP contribution is -2.05. The fourth-order valence-corrected chi connectivity index (χ4v) is 1.62. The second kappa shape index (κ2) is 4.90. The Balaban J connectivity index is 2.62. The summed E-state index contributed by atoms with van der Waals surface area (Å²) in [4.78, 5) is 10.6. The number of carboxylic acid groups (broad SMARTS) is 1. The average Bonchev–Trinajstić information content (AvgIpc) is 2.47. The zero-order chi connectivity index (χ0) is 10.6. The number of rotatable bonds is 5. The third kappa shape index (κ3) is 2.66. The zero-order valence-corrected chi connectivity index (χ0v) is 8.75. The number of hydrogen-bond donors (Lipinski definition) is 2. The highest BCUT2D eigenvalue weighted by molar-refractivity contribution is 7.99. The molecule has 14 heavy (non-hydrogen) atoms. The minimum Gasteiger partial charge on any atom is -0.476 e. The molecule has 5 nitrogen and oxygen atoms in total. The molecule has 1 heterocycles. The fourth-order valence-electron chi connectivity index (χ4n) is 1.02. The number of nitrogens with two attached hydrogens (primary N) is 1. The van der Waals surface area contributed by atoms with Crippen LogP contribution >= 0.6 is 11.8 Å². The van der Waals surface area contributed by atoms with E-state index in [1.54, 1.807) is 22.6 Å². The summed E-state index contributed by atoms with van der Waals surface area (Å²) >= 11 is 1.78. The molecule has 1 rings (SSSR count). The monoisotopic (exact) mass is 215 g/mol. The smallest absolute Gasteiger partial charge is 0.358 e. The molecule has 78 valence electrons. The maximum atomic E-state index is 10.6. The molecule has 0 fully saturated rings. The van der Waals surface area contributed by atoms with Gasteiger partial charge >= 0.3 is 5.97 Å². The number of hydrogen-bond acceptors (Lipinski definition) is 4. The van der Waals surface area contributed by atoms with Crippen molar-refractivity contribution in [2.24, 2.45) is 0 Å². The topological polar surface area (TPSA) is 81.1 Å². The van der Waals surface area contributed by atoms with Gasteiger partial charge in [0.05, 0.1) is 12.2 Å². The molecule has 1 aromatic heterocycles. The minimum atomic E-state index is -1.08. The Morgan fingerprint density at radius 3 is 3.00 bits per heavy atom. The Hall–Kier alpha value is -1.17. The van der Waals surface area contributed by atoms with Crippen molar-refractivity contribution in [3.8, 4) is 0 Å². The van der Waals surface area contributed by atoms with Crippen molar-refractivity contribution in [1.29, 1.82) is 0 Å². The van der Waals surface area contributed by atoms with Crippen molar-refractivity contribution in [3.63, 3.8) is 0 Å². The van der Waals surface area contributed by atoms with Gasteiger partial charge in [0.1, 0.15) is 0 Å². The first-order valence-corrected chi connectivity index (χ1v) is 5.44. The molecule has 0 aliphatic carbocycles. The fraction of sp³-hybridized carbons (Fsp3) is 0.500. The van der Waals surface area contributed by atoms with Gasteiger partial charge in [0.2, 0.25) is 0 Å². The highest BCUT2D eigenvalue weighted by atomic mass is 32.2. The Morgan fingerprint density at radius 1 is 1.79 bits per heavy atom. The van der Waals surface area contributed by atoms with E-state index in [0.29, 0.717) is 6.54 Å². The molecule has 0 spiro atoms. The van der Waals surface area contributed by atoms with Gasteiger partial charge in [0.25, 0.3) is 0 Å². The second-order valence-corrected chi connectivity index (χ2v) is 4.09. The van der Waals surface area contributed by atoms with Gasteiger partial charge in [-0.1, -0.05) is 6.92 Å². The van der Waals surface area contributed by atoms with Crippen LogP contribution in [0, 0.1) is 0 Å². The van der Waals surface area contributed by atoms with E-state index in [4.69, 9.17) is 10.8 Å². The van der Waals surface area contributed by atoms with Crippen molar-refractivity contribution < 1.29 is 9.90 Å². The molecule has 0 radical (unpaired) electrons. The van der Waals surface area contributed by atoms with Gasteiger partial charge in [0.15, 0.2) is 5.69 Å². The Kier molecular flexibility index (Phi) is 3.82. The van der Waals surface area contributed by atoms with E-state index in [1.807, 2.05) is 0 Å². The summed E-state index contributed by atoms with van der Waals surface area (Å²) in [7, 11) is 0. The van der Waals surface area contributed by atoms with Gasteiger partial charge in [-0.05, 0) is 5.75 Å². The predicted molar refractivity (Wildman–Crippen MR) is 56.6 cm³/mol. The van der Waals surface area contributed by atoms with E-state index < -0.39 is 5.97 Å². The van der Waals surface area contributed by atoms with Crippen molar-refractivity contribution in [1.82, 2.24) is 9.78 Å². The molecule has 0 atom stereocenters. The number of aryl methyl sites for hydroxylation is 1. The van der Waals surface area contributed by atoms with Gasteiger partial charge in [-0.25, -0.2) is 4.79 Å². The molecular weight excluding hydrogens is 202 g/mol. The van der Waals surface area contributed by atoms with E-state index in [9.17, 15) is 4.79 Å². The Bertz CT molecular complexity index is 324. The normalized spacial score (nSPS) is 10.4. The third-order valence-corrected chi connectivity index (χ3v) is 2.54.